The molecule has 0 aromatic rings. The van der Waals surface area contributed by atoms with Crippen molar-refractivity contribution in [2.24, 2.45) is 11.7 Å². The molecule has 0 saturated heterocycles. The molecule has 0 aromatic carbocycles. The first-order valence-corrected chi connectivity index (χ1v) is 6.74. The van der Waals surface area contributed by atoms with E-state index in [9.17, 15) is 5.11 Å². The van der Waals surface area contributed by atoms with Crippen molar-refractivity contribution in [2.75, 3.05) is 19.7 Å². The lowest BCUT2D eigenvalue weighted by Gasteiger charge is -2.35. The molecule has 0 aliphatic carbocycles. The van der Waals surface area contributed by atoms with Gasteiger partial charge in [-0.1, -0.05) is 40.5 Å². The highest BCUT2D eigenvalue weighted by molar-refractivity contribution is 4.81. The zero-order valence-electron chi connectivity index (χ0n) is 11.4. The van der Waals surface area contributed by atoms with Gasteiger partial charge in [0.2, 0.25) is 0 Å². The van der Waals surface area contributed by atoms with E-state index >= 15 is 0 Å². The fourth-order valence-corrected chi connectivity index (χ4v) is 2.17. The van der Waals surface area contributed by atoms with Crippen LogP contribution >= 0.6 is 0 Å². The highest BCUT2D eigenvalue weighted by Gasteiger charge is 2.23. The van der Waals surface area contributed by atoms with E-state index in [0.29, 0.717) is 0 Å². The maximum absolute atomic E-state index is 9.47. The maximum Gasteiger partial charge on any atom is 0.0601 e. The van der Waals surface area contributed by atoms with Crippen LogP contribution < -0.4 is 5.73 Å². The molecule has 3 heteroatoms. The second-order valence-electron chi connectivity index (χ2n) is 4.59. The van der Waals surface area contributed by atoms with Crippen LogP contribution in [0.4, 0.5) is 0 Å². The molecule has 0 fully saturated rings. The normalized spacial score (nSPS) is 15.8. The molecular formula is C13H30N2O. The van der Waals surface area contributed by atoms with E-state index in [1.807, 2.05) is 0 Å². The Kier molecular flexibility index (Phi) is 8.90. The molecule has 0 rings (SSSR count). The topological polar surface area (TPSA) is 49.5 Å². The van der Waals surface area contributed by atoms with Crippen molar-refractivity contribution >= 4 is 0 Å². The van der Waals surface area contributed by atoms with Crippen LogP contribution in [-0.4, -0.2) is 41.8 Å². The highest BCUT2D eigenvalue weighted by Crippen LogP contribution is 2.14. The van der Waals surface area contributed by atoms with Gasteiger partial charge in [0.25, 0.3) is 0 Å². The summed E-state index contributed by atoms with van der Waals surface area (Å²) >= 11 is 0. The van der Waals surface area contributed by atoms with Gasteiger partial charge in [-0.3, -0.25) is 4.90 Å². The van der Waals surface area contributed by atoms with Crippen LogP contribution in [0.25, 0.3) is 0 Å². The van der Waals surface area contributed by atoms with Gasteiger partial charge in [-0.25, -0.2) is 0 Å². The number of nitrogens with zero attached hydrogens (tertiary/aromatic N) is 1. The first-order valence-electron chi connectivity index (χ1n) is 6.74. The molecular weight excluding hydrogens is 200 g/mol. The molecule has 0 saturated carbocycles. The van der Waals surface area contributed by atoms with E-state index in [0.717, 1.165) is 25.4 Å². The summed E-state index contributed by atoms with van der Waals surface area (Å²) in [5, 5.41) is 9.47. The van der Waals surface area contributed by atoms with Crippen molar-refractivity contribution in [3.05, 3.63) is 0 Å². The summed E-state index contributed by atoms with van der Waals surface area (Å²) in [4.78, 5) is 2.34. The molecule has 98 valence electrons. The average Bonchev–Trinajstić information content (AvgIpc) is 2.33. The number of nitrogens with two attached hydrogens (primary N) is 1. The van der Waals surface area contributed by atoms with E-state index < -0.39 is 0 Å². The van der Waals surface area contributed by atoms with Crippen LogP contribution in [0.3, 0.4) is 0 Å². The minimum absolute atomic E-state index is 0.0827. The zero-order valence-corrected chi connectivity index (χ0v) is 11.4. The first kappa shape index (κ1) is 15.9. The third-order valence-electron chi connectivity index (χ3n) is 3.68. The number of likely N-dealkylation sites (N-methyl/N-ethyl adjacent to an activating group) is 1. The minimum Gasteiger partial charge on any atom is -0.395 e. The molecule has 0 radical (unpaired) electrons. The molecule has 0 spiro atoms. The van der Waals surface area contributed by atoms with Gasteiger partial charge >= 0.3 is 0 Å². The van der Waals surface area contributed by atoms with Gasteiger partial charge in [-0.05, 0) is 18.9 Å². The maximum atomic E-state index is 9.47. The monoisotopic (exact) mass is 230 g/mol. The number of rotatable bonds is 9. The fourth-order valence-electron chi connectivity index (χ4n) is 2.17. The average molecular weight is 230 g/mol. The van der Waals surface area contributed by atoms with Crippen LogP contribution in [0.5, 0.6) is 0 Å². The number of hydrogen-bond donors (Lipinski definition) is 2. The number of aliphatic hydroxyl groups excluding tert-OH is 1. The Morgan fingerprint density at radius 2 is 1.62 bits per heavy atom. The molecule has 0 amide bonds. The van der Waals surface area contributed by atoms with Crippen LogP contribution in [0.1, 0.15) is 47.0 Å². The summed E-state index contributed by atoms with van der Waals surface area (Å²) in [7, 11) is 0. The van der Waals surface area contributed by atoms with Crippen molar-refractivity contribution in [3.63, 3.8) is 0 Å². The van der Waals surface area contributed by atoms with E-state index in [4.69, 9.17) is 5.73 Å². The SMILES string of the molecule is CCC(CC)CN(CC)C(CO)C(N)CC. The van der Waals surface area contributed by atoms with Gasteiger partial charge in [0.1, 0.15) is 0 Å². The molecule has 16 heavy (non-hydrogen) atoms. The Labute approximate surface area is 101 Å². The largest absolute Gasteiger partial charge is 0.395 e. The van der Waals surface area contributed by atoms with Crippen molar-refractivity contribution in [1.82, 2.24) is 4.90 Å². The Balaban J connectivity index is 4.42. The van der Waals surface area contributed by atoms with Crippen LogP contribution in [0.2, 0.25) is 0 Å². The molecule has 0 bridgehead atoms. The second kappa shape index (κ2) is 8.97. The lowest BCUT2D eigenvalue weighted by Crippen LogP contribution is -2.51. The van der Waals surface area contributed by atoms with Gasteiger partial charge in [0.05, 0.1) is 6.61 Å². The molecule has 2 atom stereocenters. The van der Waals surface area contributed by atoms with Gasteiger partial charge in [-0.15, -0.1) is 0 Å². The lowest BCUT2D eigenvalue weighted by molar-refractivity contribution is 0.0910. The van der Waals surface area contributed by atoms with Crippen LogP contribution in [0, 0.1) is 5.92 Å². The lowest BCUT2D eigenvalue weighted by atomic mass is 9.99. The summed E-state index contributed by atoms with van der Waals surface area (Å²) in [5.41, 5.74) is 6.06. The number of hydrogen-bond acceptors (Lipinski definition) is 3. The summed E-state index contributed by atoms with van der Waals surface area (Å²) in [5.74, 6) is 0.720. The van der Waals surface area contributed by atoms with Crippen molar-refractivity contribution in [2.45, 2.75) is 59.0 Å². The van der Waals surface area contributed by atoms with Crippen molar-refractivity contribution in [3.8, 4) is 0 Å². The third-order valence-corrected chi connectivity index (χ3v) is 3.68. The van der Waals surface area contributed by atoms with Crippen LogP contribution in [0.15, 0.2) is 0 Å². The summed E-state index contributed by atoms with van der Waals surface area (Å²) in [6.07, 6.45) is 3.32. The molecule has 0 heterocycles. The highest BCUT2D eigenvalue weighted by atomic mass is 16.3. The smallest absolute Gasteiger partial charge is 0.0601 e. The van der Waals surface area contributed by atoms with E-state index in [1.54, 1.807) is 0 Å². The van der Waals surface area contributed by atoms with Gasteiger partial charge in [0, 0.05) is 18.6 Å². The Morgan fingerprint density at radius 3 is 1.94 bits per heavy atom. The van der Waals surface area contributed by atoms with E-state index in [1.165, 1.54) is 12.8 Å². The predicted molar refractivity (Wildman–Crippen MR) is 70.5 cm³/mol. The van der Waals surface area contributed by atoms with Crippen LogP contribution in [-0.2, 0) is 0 Å². The van der Waals surface area contributed by atoms with Crippen molar-refractivity contribution < 1.29 is 5.11 Å². The quantitative estimate of drug-likeness (QED) is 0.635. The molecule has 2 unspecified atom stereocenters. The Hall–Kier alpha value is -0.120. The molecule has 0 aromatic heterocycles. The second-order valence-corrected chi connectivity index (χ2v) is 4.59. The summed E-state index contributed by atoms with van der Waals surface area (Å²) < 4.78 is 0. The molecule has 0 aliphatic rings. The minimum atomic E-state index is 0.0827. The molecule has 0 aliphatic heterocycles. The first-order chi connectivity index (χ1) is 7.64. The Morgan fingerprint density at radius 1 is 1.06 bits per heavy atom. The Bertz CT molecular complexity index is 160. The van der Waals surface area contributed by atoms with Gasteiger partial charge in [0.15, 0.2) is 0 Å². The molecule has 3 nitrogen and oxygen atoms in total. The summed E-state index contributed by atoms with van der Waals surface area (Å²) in [6, 6.07) is 0.204. The third kappa shape index (κ3) is 4.81. The van der Waals surface area contributed by atoms with Gasteiger partial charge < -0.3 is 10.8 Å². The standard InChI is InChI=1S/C13H30N2O/c1-5-11(6-2)9-15(8-4)13(10-16)12(14)7-3/h11-13,16H,5-10,14H2,1-4H3. The van der Waals surface area contributed by atoms with Crippen molar-refractivity contribution in [1.29, 1.82) is 0 Å². The molecule has 3 N–H and O–H groups in total. The predicted octanol–water partition coefficient (Wildman–Crippen LogP) is 1.84. The van der Waals surface area contributed by atoms with E-state index in [-0.39, 0.29) is 18.7 Å². The van der Waals surface area contributed by atoms with E-state index in [2.05, 4.69) is 32.6 Å². The number of aliphatic hydroxyl groups is 1. The zero-order chi connectivity index (χ0) is 12.6. The summed E-state index contributed by atoms with van der Waals surface area (Å²) in [6.45, 7) is 10.9. The fraction of sp³-hybridized carbons (Fsp3) is 1.00. The van der Waals surface area contributed by atoms with Gasteiger partial charge in [-0.2, -0.15) is 0 Å².